The minimum Gasteiger partial charge on any atom is -1.00 e. The molecule has 0 aromatic heterocycles. The van der Waals surface area contributed by atoms with E-state index in [9.17, 15) is 19.5 Å². The first kappa shape index (κ1) is 35.9. The molecule has 8 heteroatoms. The second kappa shape index (κ2) is 26.1. The minimum absolute atomic E-state index is 0. The number of hydrogen-bond acceptors (Lipinski definition) is 6. The fourth-order valence-electron chi connectivity index (χ4n) is 0.779. The molecule has 0 unspecified atom stereocenters. The first-order chi connectivity index (χ1) is 11.9. The van der Waals surface area contributed by atoms with Gasteiger partial charge >= 0.3 is 11.9 Å². The summed E-state index contributed by atoms with van der Waals surface area (Å²) in [5.74, 6) is -1.84. The van der Waals surface area contributed by atoms with Gasteiger partial charge < -0.3 is 36.7 Å². The van der Waals surface area contributed by atoms with Gasteiger partial charge in [0.15, 0.2) is 0 Å². The molecule has 0 aromatic rings. The first-order valence-electron chi connectivity index (χ1n) is 8.09. The number of methoxy groups -OCH3 is 1. The SMILES string of the molecule is C=C(C)C(=O)OC.C=C(CCC)C(=O)[O-].C=CC(=O)OCC.C[NH+](C)C.[Cl-]. The zero-order valence-corrected chi connectivity index (χ0v) is 18.4. The molecular weight excluding hydrogens is 374 g/mol. The average molecular weight is 409 g/mol. The van der Waals surface area contributed by atoms with Crippen LogP contribution in [-0.4, -0.2) is 52.8 Å². The summed E-state index contributed by atoms with van der Waals surface area (Å²) in [6, 6.07) is 0. The highest BCUT2D eigenvalue weighted by molar-refractivity contribution is 5.86. The predicted molar refractivity (Wildman–Crippen MR) is 101 cm³/mol. The minimum atomic E-state index is -1.13. The lowest BCUT2D eigenvalue weighted by Crippen LogP contribution is -3.02. The lowest BCUT2D eigenvalue weighted by molar-refractivity contribution is -0.836. The van der Waals surface area contributed by atoms with E-state index >= 15 is 0 Å². The molecule has 0 amide bonds. The van der Waals surface area contributed by atoms with Crippen LogP contribution in [0.4, 0.5) is 0 Å². The molecule has 0 bridgehead atoms. The summed E-state index contributed by atoms with van der Waals surface area (Å²) in [4.78, 5) is 31.6. The Kier molecular flexibility index (Phi) is 34.7. The Morgan fingerprint density at radius 1 is 1.11 bits per heavy atom. The van der Waals surface area contributed by atoms with Gasteiger partial charge in [0.25, 0.3) is 0 Å². The van der Waals surface area contributed by atoms with Crippen LogP contribution in [0, 0.1) is 0 Å². The third-order valence-electron chi connectivity index (χ3n) is 1.83. The standard InChI is InChI=1S/C6H10O2.2C5H8O2.C3H9N.ClH/c1-3-4-5(2)6(7)8;1-4(2)5(6)7-3;1-3-5(6)7-4-2;1-4(2)3;/h2-4H2,1H3,(H,7,8);1H2,2-3H3;3H,1,4H2,2H3;1-3H3;1H/p-1. The fourth-order valence-corrected chi connectivity index (χ4v) is 0.779. The number of carbonyl (C=O) groups is 3. The van der Waals surface area contributed by atoms with E-state index in [-0.39, 0.29) is 29.9 Å². The third-order valence-corrected chi connectivity index (χ3v) is 1.83. The van der Waals surface area contributed by atoms with E-state index < -0.39 is 5.97 Å². The number of carbonyl (C=O) groups excluding carboxylic acids is 3. The van der Waals surface area contributed by atoms with Gasteiger partial charge in [-0.3, -0.25) is 0 Å². The van der Waals surface area contributed by atoms with Crippen LogP contribution in [0.5, 0.6) is 0 Å². The van der Waals surface area contributed by atoms with E-state index in [0.717, 1.165) is 12.5 Å². The summed E-state index contributed by atoms with van der Waals surface area (Å²) < 4.78 is 8.71. The Labute approximate surface area is 170 Å². The van der Waals surface area contributed by atoms with E-state index in [1.807, 2.05) is 6.92 Å². The highest BCUT2D eigenvalue weighted by Crippen LogP contribution is 1.97. The lowest BCUT2D eigenvalue weighted by Gasteiger charge is -2.01. The summed E-state index contributed by atoms with van der Waals surface area (Å²) in [6.45, 7) is 15.5. The van der Waals surface area contributed by atoms with Gasteiger partial charge in [-0.05, 0) is 25.8 Å². The molecule has 0 radical (unpaired) electrons. The molecule has 0 saturated carbocycles. The molecule has 160 valence electrons. The van der Waals surface area contributed by atoms with Crippen LogP contribution in [0.3, 0.4) is 0 Å². The van der Waals surface area contributed by atoms with Crippen LogP contribution in [0.2, 0.25) is 0 Å². The Hall–Kier alpha value is -2.12. The summed E-state index contributed by atoms with van der Waals surface area (Å²) in [7, 11) is 7.58. The van der Waals surface area contributed by atoms with E-state index in [1.54, 1.807) is 13.8 Å². The maximum atomic E-state index is 10.2. The highest BCUT2D eigenvalue weighted by Gasteiger charge is 1.95. The summed E-state index contributed by atoms with van der Waals surface area (Å²) in [5.41, 5.74) is 0.620. The van der Waals surface area contributed by atoms with Crippen molar-refractivity contribution in [1.82, 2.24) is 0 Å². The van der Waals surface area contributed by atoms with Gasteiger partial charge in [-0.25, -0.2) is 9.59 Å². The number of aliphatic carboxylic acids is 1. The quantitative estimate of drug-likeness (QED) is 0.380. The van der Waals surface area contributed by atoms with Gasteiger partial charge in [0.1, 0.15) is 0 Å². The number of hydrogen-bond donors (Lipinski definition) is 1. The van der Waals surface area contributed by atoms with Crippen LogP contribution < -0.4 is 22.4 Å². The third kappa shape index (κ3) is 45.3. The summed E-state index contributed by atoms with van der Waals surface area (Å²) in [5, 5.41) is 9.88. The smallest absolute Gasteiger partial charge is 0.332 e. The molecule has 0 fully saturated rings. The number of ether oxygens (including phenoxy) is 2. The van der Waals surface area contributed by atoms with E-state index in [4.69, 9.17) is 0 Å². The van der Waals surface area contributed by atoms with Crippen molar-refractivity contribution in [2.24, 2.45) is 0 Å². The number of carboxylic acids is 1. The van der Waals surface area contributed by atoms with Crippen molar-refractivity contribution in [3.63, 3.8) is 0 Å². The maximum Gasteiger partial charge on any atom is 0.332 e. The van der Waals surface area contributed by atoms with E-state index in [2.05, 4.69) is 50.4 Å². The van der Waals surface area contributed by atoms with E-state index in [0.29, 0.717) is 18.6 Å². The number of nitrogens with one attached hydrogen (secondary N) is 1. The molecule has 27 heavy (non-hydrogen) atoms. The molecule has 0 spiro atoms. The van der Waals surface area contributed by atoms with Crippen molar-refractivity contribution in [3.05, 3.63) is 37.0 Å². The van der Waals surface area contributed by atoms with E-state index in [1.165, 1.54) is 12.0 Å². The molecule has 0 rings (SSSR count). The van der Waals surface area contributed by atoms with Gasteiger partial charge in [-0.2, -0.15) is 0 Å². The number of quaternary nitrogens is 1. The molecule has 0 aliphatic heterocycles. The van der Waals surface area contributed by atoms with Crippen LogP contribution in [0.15, 0.2) is 37.0 Å². The highest BCUT2D eigenvalue weighted by atomic mass is 35.5. The van der Waals surface area contributed by atoms with Crippen molar-refractivity contribution >= 4 is 17.9 Å². The molecule has 0 saturated heterocycles. The van der Waals surface area contributed by atoms with Gasteiger partial charge in [-0.15, -0.1) is 0 Å². The van der Waals surface area contributed by atoms with Crippen LogP contribution in [0.1, 0.15) is 33.6 Å². The normalized spacial score (nSPS) is 7.85. The Balaban J connectivity index is -0.0000000806. The van der Waals surface area contributed by atoms with Crippen molar-refractivity contribution in [3.8, 4) is 0 Å². The topological polar surface area (TPSA) is 97.2 Å². The first-order valence-corrected chi connectivity index (χ1v) is 8.09. The monoisotopic (exact) mass is 408 g/mol. The van der Waals surface area contributed by atoms with Crippen molar-refractivity contribution in [2.75, 3.05) is 34.9 Å². The van der Waals surface area contributed by atoms with Crippen molar-refractivity contribution in [1.29, 1.82) is 0 Å². The van der Waals surface area contributed by atoms with Crippen LogP contribution in [0.25, 0.3) is 0 Å². The Bertz CT molecular complexity index is 443. The Morgan fingerprint density at radius 2 is 1.52 bits per heavy atom. The van der Waals surface area contributed by atoms with Gasteiger partial charge in [0, 0.05) is 11.6 Å². The second-order valence-electron chi connectivity index (χ2n) is 5.37. The molecule has 7 nitrogen and oxygen atoms in total. The predicted octanol–water partition coefficient (Wildman–Crippen LogP) is -2.67. The molecular formula is C19H35ClNO6-. The van der Waals surface area contributed by atoms with Crippen LogP contribution >= 0.6 is 0 Å². The number of rotatable bonds is 6. The molecule has 1 N–H and O–H groups in total. The van der Waals surface area contributed by atoms with Gasteiger partial charge in [0.2, 0.25) is 0 Å². The Morgan fingerprint density at radius 3 is 1.59 bits per heavy atom. The molecule has 0 heterocycles. The van der Waals surface area contributed by atoms with Crippen molar-refractivity contribution in [2.45, 2.75) is 33.6 Å². The summed E-state index contributed by atoms with van der Waals surface area (Å²) >= 11 is 0. The van der Waals surface area contributed by atoms with Crippen LogP contribution in [-0.2, 0) is 23.9 Å². The molecule has 0 aromatic carbocycles. The molecule has 0 aliphatic rings. The number of halogens is 1. The zero-order valence-electron chi connectivity index (χ0n) is 17.6. The lowest BCUT2D eigenvalue weighted by atomic mass is 10.2. The number of carboxylic acid groups (broad SMARTS) is 1. The van der Waals surface area contributed by atoms with Gasteiger partial charge in [0.05, 0.1) is 40.8 Å². The maximum absolute atomic E-state index is 10.2. The van der Waals surface area contributed by atoms with Gasteiger partial charge in [-0.1, -0.05) is 33.1 Å². The molecule has 0 atom stereocenters. The zero-order chi connectivity index (χ0) is 21.7. The largest absolute Gasteiger partial charge is 1.00 e. The fraction of sp³-hybridized carbons (Fsp3) is 0.526. The number of esters is 2. The second-order valence-corrected chi connectivity index (χ2v) is 5.37. The molecule has 0 aliphatic carbocycles. The average Bonchev–Trinajstić information content (AvgIpc) is 2.54. The van der Waals surface area contributed by atoms with Crippen molar-refractivity contribution < 1.29 is 46.3 Å². The summed E-state index contributed by atoms with van der Waals surface area (Å²) in [6.07, 6.45) is 2.48.